The van der Waals surface area contributed by atoms with E-state index in [4.69, 9.17) is 4.74 Å². The van der Waals surface area contributed by atoms with E-state index >= 15 is 0 Å². The molecule has 8 nitrogen and oxygen atoms in total. The fourth-order valence-electron chi connectivity index (χ4n) is 4.28. The van der Waals surface area contributed by atoms with Gasteiger partial charge in [-0.15, -0.1) is 5.10 Å². The lowest BCUT2D eigenvalue weighted by molar-refractivity contribution is -0.114. The first-order chi connectivity index (χ1) is 15.9. The minimum Gasteiger partial charge on any atom is -0.497 e. The number of anilines is 1. The van der Waals surface area contributed by atoms with Crippen molar-refractivity contribution in [1.29, 1.82) is 0 Å². The van der Waals surface area contributed by atoms with Crippen LogP contribution in [0.1, 0.15) is 38.6 Å². The number of carbonyl (C=O) groups excluding carboxylic acids is 1. The predicted octanol–water partition coefficient (Wildman–Crippen LogP) is 2.24. The molecule has 0 fully saturated rings. The summed E-state index contributed by atoms with van der Waals surface area (Å²) in [6, 6.07) is 13.7. The molecular formula is C25H26N6O2. The molecule has 1 amide bonds. The summed E-state index contributed by atoms with van der Waals surface area (Å²) in [6.45, 7) is 7.00. The van der Waals surface area contributed by atoms with Crippen molar-refractivity contribution in [2.75, 3.05) is 18.6 Å². The van der Waals surface area contributed by atoms with Crippen molar-refractivity contribution < 1.29 is 9.53 Å². The van der Waals surface area contributed by atoms with Crippen LogP contribution in [0.25, 0.3) is 11.8 Å². The predicted molar refractivity (Wildman–Crippen MR) is 125 cm³/mol. The number of hydrogen-bond donors (Lipinski definition) is 0. The number of para-hydroxylation sites is 1. The number of rotatable bonds is 5. The summed E-state index contributed by atoms with van der Waals surface area (Å²) in [6.07, 6.45) is 3.58. The standard InChI is InChI=1S/C25H26N6O2/c1-5-25(2,3)31-23(27-28-29-31)22(30-13-12-16-8-6-7-9-21(16)30)19-15-17-14-18(33-4)10-11-20(17)26-24(19)32/h6-11,14-15H,5,12-13H2,1-4H3/b22-19+. The summed E-state index contributed by atoms with van der Waals surface area (Å²) < 4.78 is 7.21. The molecule has 1 aromatic heterocycles. The molecule has 0 aliphatic carbocycles. The van der Waals surface area contributed by atoms with Crippen LogP contribution in [0.4, 0.5) is 5.69 Å². The molecule has 168 valence electrons. The van der Waals surface area contributed by atoms with Gasteiger partial charge in [-0.1, -0.05) is 25.1 Å². The molecule has 8 heteroatoms. The van der Waals surface area contributed by atoms with Crippen molar-refractivity contribution in [2.45, 2.75) is 39.2 Å². The van der Waals surface area contributed by atoms with Gasteiger partial charge in [0.05, 0.1) is 23.6 Å². The molecule has 2 aliphatic heterocycles. The molecule has 0 saturated heterocycles. The van der Waals surface area contributed by atoms with Gasteiger partial charge in [-0.2, -0.15) is 0 Å². The van der Waals surface area contributed by atoms with E-state index in [9.17, 15) is 4.79 Å². The lowest BCUT2D eigenvalue weighted by Gasteiger charge is -2.29. The fraction of sp³-hybridized carbons (Fsp3) is 0.320. The van der Waals surface area contributed by atoms with Crippen LogP contribution >= 0.6 is 0 Å². The number of aromatic nitrogens is 4. The lowest BCUT2D eigenvalue weighted by atomic mass is 10.0. The van der Waals surface area contributed by atoms with Gasteiger partial charge in [0, 0.05) is 17.5 Å². The Morgan fingerprint density at radius 2 is 2.00 bits per heavy atom. The molecule has 0 atom stereocenters. The van der Waals surface area contributed by atoms with Crippen LogP contribution in [-0.4, -0.2) is 39.8 Å². The van der Waals surface area contributed by atoms with Crippen LogP contribution in [-0.2, 0) is 16.8 Å². The van der Waals surface area contributed by atoms with Crippen molar-refractivity contribution in [2.24, 2.45) is 4.99 Å². The molecule has 0 unspecified atom stereocenters. The molecule has 33 heavy (non-hydrogen) atoms. The fourth-order valence-corrected chi connectivity index (χ4v) is 4.28. The van der Waals surface area contributed by atoms with Crippen molar-refractivity contribution in [3.8, 4) is 5.75 Å². The number of carbonyl (C=O) groups is 1. The minimum atomic E-state index is -0.333. The highest BCUT2D eigenvalue weighted by atomic mass is 16.5. The van der Waals surface area contributed by atoms with Gasteiger partial charge in [0.15, 0.2) is 5.82 Å². The Kier molecular flexibility index (Phi) is 5.08. The minimum absolute atomic E-state index is 0.309. The van der Waals surface area contributed by atoms with Gasteiger partial charge in [-0.05, 0) is 73.0 Å². The molecule has 3 heterocycles. The van der Waals surface area contributed by atoms with Crippen molar-refractivity contribution in [3.63, 3.8) is 0 Å². The molecule has 2 aliphatic rings. The molecular weight excluding hydrogens is 416 g/mol. The number of amides is 1. The van der Waals surface area contributed by atoms with E-state index in [1.165, 1.54) is 5.56 Å². The molecule has 3 aromatic rings. The zero-order valence-corrected chi connectivity index (χ0v) is 19.2. The van der Waals surface area contributed by atoms with Crippen LogP contribution in [0.3, 0.4) is 0 Å². The Labute approximate surface area is 191 Å². The normalized spacial score (nSPS) is 16.6. The molecule has 0 N–H and O–H groups in total. The maximum atomic E-state index is 13.4. The van der Waals surface area contributed by atoms with E-state index < -0.39 is 0 Å². The summed E-state index contributed by atoms with van der Waals surface area (Å²) in [5.74, 6) is 0.953. The third-order valence-corrected chi connectivity index (χ3v) is 6.52. The second-order valence-corrected chi connectivity index (χ2v) is 8.86. The van der Waals surface area contributed by atoms with E-state index in [0.717, 1.165) is 30.3 Å². The van der Waals surface area contributed by atoms with Gasteiger partial charge < -0.3 is 9.64 Å². The Morgan fingerprint density at radius 1 is 1.18 bits per heavy atom. The second-order valence-electron chi connectivity index (χ2n) is 8.86. The van der Waals surface area contributed by atoms with Gasteiger partial charge in [0.25, 0.3) is 5.91 Å². The first-order valence-electron chi connectivity index (χ1n) is 11.1. The molecule has 0 bridgehead atoms. The quantitative estimate of drug-likeness (QED) is 0.564. The summed E-state index contributed by atoms with van der Waals surface area (Å²) in [7, 11) is 1.62. The van der Waals surface area contributed by atoms with E-state index in [1.807, 2.05) is 29.0 Å². The largest absolute Gasteiger partial charge is 0.497 e. The van der Waals surface area contributed by atoms with Gasteiger partial charge >= 0.3 is 0 Å². The van der Waals surface area contributed by atoms with Crippen LogP contribution in [0.15, 0.2) is 53.0 Å². The number of tetrazole rings is 1. The Balaban J connectivity index is 1.81. The SMILES string of the molecule is CCC(C)(C)n1nnnc1/C(=C1/C=c2cc(OC)ccc2=NC1=O)N1CCc2ccccc21. The van der Waals surface area contributed by atoms with Gasteiger partial charge in [0.1, 0.15) is 11.4 Å². The molecule has 5 rings (SSSR count). The monoisotopic (exact) mass is 442 g/mol. The number of nitrogens with zero attached hydrogens (tertiary/aromatic N) is 6. The smallest absolute Gasteiger partial charge is 0.279 e. The third-order valence-electron chi connectivity index (χ3n) is 6.52. The summed E-state index contributed by atoms with van der Waals surface area (Å²) in [5, 5.41) is 14.2. The first kappa shape index (κ1) is 21.1. The molecule has 0 saturated carbocycles. The van der Waals surface area contributed by atoms with Crippen molar-refractivity contribution in [3.05, 3.63) is 70.0 Å². The van der Waals surface area contributed by atoms with Crippen LogP contribution in [0, 0.1) is 0 Å². The van der Waals surface area contributed by atoms with Crippen LogP contribution < -0.4 is 20.2 Å². The van der Waals surface area contributed by atoms with Gasteiger partial charge in [0.2, 0.25) is 0 Å². The highest BCUT2D eigenvalue weighted by Crippen LogP contribution is 2.37. The zero-order valence-electron chi connectivity index (χ0n) is 19.2. The van der Waals surface area contributed by atoms with Crippen LogP contribution in [0.2, 0.25) is 0 Å². The average molecular weight is 443 g/mol. The average Bonchev–Trinajstić information content (AvgIpc) is 3.48. The summed E-state index contributed by atoms with van der Waals surface area (Å²) in [5.41, 5.74) is 3.09. The zero-order chi connectivity index (χ0) is 23.2. The topological polar surface area (TPSA) is 85.5 Å². The highest BCUT2D eigenvalue weighted by molar-refractivity contribution is 6.11. The van der Waals surface area contributed by atoms with Gasteiger partial charge in [-0.25, -0.2) is 9.67 Å². The molecule has 2 aromatic carbocycles. The lowest BCUT2D eigenvalue weighted by Crippen LogP contribution is -2.35. The maximum Gasteiger partial charge on any atom is 0.279 e. The number of fused-ring (bicyclic) bond motifs is 2. The third kappa shape index (κ3) is 3.51. The van der Waals surface area contributed by atoms with E-state index in [0.29, 0.717) is 28.2 Å². The first-order valence-corrected chi connectivity index (χ1v) is 11.1. The van der Waals surface area contributed by atoms with E-state index in [1.54, 1.807) is 19.2 Å². The second kappa shape index (κ2) is 7.95. The Hall–Kier alpha value is -3.81. The van der Waals surface area contributed by atoms with Crippen molar-refractivity contribution in [1.82, 2.24) is 20.2 Å². The number of methoxy groups -OCH3 is 1. The highest BCUT2D eigenvalue weighted by Gasteiger charge is 2.34. The van der Waals surface area contributed by atoms with Crippen LogP contribution in [0.5, 0.6) is 5.75 Å². The van der Waals surface area contributed by atoms with Gasteiger partial charge in [-0.3, -0.25) is 4.79 Å². The Morgan fingerprint density at radius 3 is 2.79 bits per heavy atom. The summed E-state index contributed by atoms with van der Waals surface area (Å²) >= 11 is 0. The van der Waals surface area contributed by atoms with E-state index in [2.05, 4.69) is 58.3 Å². The maximum absolute atomic E-state index is 13.4. The number of ether oxygens (including phenoxy) is 1. The number of hydrogen-bond acceptors (Lipinski definition) is 6. The molecule has 0 radical (unpaired) electrons. The summed E-state index contributed by atoms with van der Waals surface area (Å²) in [4.78, 5) is 19.9. The van der Waals surface area contributed by atoms with E-state index in [-0.39, 0.29) is 11.4 Å². The molecule has 0 spiro atoms. The Bertz CT molecular complexity index is 1400. The van der Waals surface area contributed by atoms with Crippen molar-refractivity contribution >= 4 is 23.4 Å². The number of benzene rings is 2.